The summed E-state index contributed by atoms with van der Waals surface area (Å²) >= 11 is 0. The highest BCUT2D eigenvalue weighted by Crippen LogP contribution is 2.35. The first kappa shape index (κ1) is 11.4. The number of aliphatic hydroxyl groups excluding tert-OH is 1. The summed E-state index contributed by atoms with van der Waals surface area (Å²) < 4.78 is 0. The second-order valence-corrected chi connectivity index (χ2v) is 5.09. The molecule has 1 saturated carbocycles. The second-order valence-electron chi connectivity index (χ2n) is 5.09. The van der Waals surface area contributed by atoms with Crippen LogP contribution in [0.1, 0.15) is 32.6 Å². The Kier molecular flexibility index (Phi) is 4.00. The SMILES string of the molecule is CC(C1CC1)N(CCO)CC1CCCN1. The molecule has 2 fully saturated rings. The minimum absolute atomic E-state index is 0.295. The van der Waals surface area contributed by atoms with Crippen LogP contribution in [0.5, 0.6) is 0 Å². The fourth-order valence-corrected chi connectivity index (χ4v) is 2.66. The number of rotatable bonds is 6. The van der Waals surface area contributed by atoms with Crippen molar-refractivity contribution in [1.82, 2.24) is 10.2 Å². The van der Waals surface area contributed by atoms with E-state index in [0.717, 1.165) is 19.0 Å². The van der Waals surface area contributed by atoms with Crippen LogP contribution in [0.2, 0.25) is 0 Å². The van der Waals surface area contributed by atoms with Gasteiger partial charge in [0.25, 0.3) is 0 Å². The maximum atomic E-state index is 9.10. The summed E-state index contributed by atoms with van der Waals surface area (Å²) in [5.41, 5.74) is 0. The van der Waals surface area contributed by atoms with Crippen molar-refractivity contribution in [2.45, 2.75) is 44.7 Å². The predicted octanol–water partition coefficient (Wildman–Crippen LogP) is 0.831. The van der Waals surface area contributed by atoms with E-state index in [1.807, 2.05) is 0 Å². The third-order valence-corrected chi connectivity index (χ3v) is 3.88. The molecule has 3 nitrogen and oxygen atoms in total. The zero-order chi connectivity index (χ0) is 10.7. The Morgan fingerprint density at radius 1 is 1.40 bits per heavy atom. The highest BCUT2D eigenvalue weighted by atomic mass is 16.3. The third kappa shape index (κ3) is 3.16. The van der Waals surface area contributed by atoms with Crippen LogP contribution in [0.15, 0.2) is 0 Å². The molecule has 2 atom stereocenters. The van der Waals surface area contributed by atoms with Crippen molar-refractivity contribution in [1.29, 1.82) is 0 Å². The predicted molar refractivity (Wildman–Crippen MR) is 61.9 cm³/mol. The molecule has 2 aliphatic rings. The average molecular weight is 212 g/mol. The maximum Gasteiger partial charge on any atom is 0.0558 e. The Morgan fingerprint density at radius 2 is 2.20 bits per heavy atom. The lowest BCUT2D eigenvalue weighted by Gasteiger charge is -2.31. The first-order valence-electron chi connectivity index (χ1n) is 6.39. The van der Waals surface area contributed by atoms with Crippen molar-refractivity contribution >= 4 is 0 Å². The van der Waals surface area contributed by atoms with Crippen molar-refractivity contribution in [2.24, 2.45) is 5.92 Å². The molecule has 1 aliphatic heterocycles. The number of nitrogens with one attached hydrogen (secondary N) is 1. The van der Waals surface area contributed by atoms with Gasteiger partial charge < -0.3 is 10.4 Å². The monoisotopic (exact) mass is 212 g/mol. The summed E-state index contributed by atoms with van der Waals surface area (Å²) in [5.74, 6) is 0.901. The number of hydrogen-bond donors (Lipinski definition) is 2. The Balaban J connectivity index is 1.80. The van der Waals surface area contributed by atoms with Crippen molar-refractivity contribution in [3.8, 4) is 0 Å². The van der Waals surface area contributed by atoms with Crippen molar-refractivity contribution in [2.75, 3.05) is 26.2 Å². The molecule has 0 amide bonds. The molecule has 0 bridgehead atoms. The van der Waals surface area contributed by atoms with Crippen LogP contribution in [0.4, 0.5) is 0 Å². The Hall–Kier alpha value is -0.120. The van der Waals surface area contributed by atoms with Gasteiger partial charge in [-0.2, -0.15) is 0 Å². The van der Waals surface area contributed by atoms with E-state index < -0.39 is 0 Å². The number of aliphatic hydroxyl groups is 1. The van der Waals surface area contributed by atoms with Crippen LogP contribution >= 0.6 is 0 Å². The van der Waals surface area contributed by atoms with E-state index in [0.29, 0.717) is 18.7 Å². The molecule has 88 valence electrons. The van der Waals surface area contributed by atoms with Gasteiger partial charge in [-0.15, -0.1) is 0 Å². The van der Waals surface area contributed by atoms with Crippen LogP contribution < -0.4 is 5.32 Å². The lowest BCUT2D eigenvalue weighted by atomic mass is 10.1. The van der Waals surface area contributed by atoms with Gasteiger partial charge in [-0.25, -0.2) is 0 Å². The van der Waals surface area contributed by atoms with Crippen molar-refractivity contribution < 1.29 is 5.11 Å². The smallest absolute Gasteiger partial charge is 0.0558 e. The fourth-order valence-electron chi connectivity index (χ4n) is 2.66. The molecule has 15 heavy (non-hydrogen) atoms. The Morgan fingerprint density at radius 3 is 2.73 bits per heavy atom. The summed E-state index contributed by atoms with van der Waals surface area (Å²) in [4.78, 5) is 2.47. The van der Waals surface area contributed by atoms with Gasteiger partial charge in [0, 0.05) is 25.2 Å². The fraction of sp³-hybridized carbons (Fsp3) is 1.00. The molecule has 1 saturated heterocycles. The standard InChI is InChI=1S/C12H24N2O/c1-10(11-4-5-11)14(7-8-15)9-12-3-2-6-13-12/h10-13,15H,2-9H2,1H3. The van der Waals surface area contributed by atoms with Gasteiger partial charge in [0.1, 0.15) is 0 Å². The lowest BCUT2D eigenvalue weighted by molar-refractivity contribution is 0.136. The molecule has 0 aromatic carbocycles. The summed E-state index contributed by atoms with van der Waals surface area (Å²) in [6, 6.07) is 1.33. The van der Waals surface area contributed by atoms with E-state index in [4.69, 9.17) is 5.11 Å². The van der Waals surface area contributed by atoms with E-state index >= 15 is 0 Å². The number of nitrogens with zero attached hydrogens (tertiary/aromatic N) is 1. The van der Waals surface area contributed by atoms with Crippen LogP contribution in [0.3, 0.4) is 0 Å². The van der Waals surface area contributed by atoms with Crippen molar-refractivity contribution in [3.63, 3.8) is 0 Å². The van der Waals surface area contributed by atoms with E-state index in [-0.39, 0.29) is 0 Å². The molecule has 1 heterocycles. The molecule has 0 aromatic rings. The molecule has 1 aliphatic carbocycles. The highest BCUT2D eigenvalue weighted by molar-refractivity contribution is 4.88. The molecule has 3 heteroatoms. The van der Waals surface area contributed by atoms with Gasteiger partial charge in [-0.1, -0.05) is 0 Å². The van der Waals surface area contributed by atoms with Crippen molar-refractivity contribution in [3.05, 3.63) is 0 Å². The van der Waals surface area contributed by atoms with Crippen LogP contribution in [0, 0.1) is 5.92 Å². The van der Waals surface area contributed by atoms with Gasteiger partial charge in [0.05, 0.1) is 6.61 Å². The normalized spacial score (nSPS) is 28.6. The van der Waals surface area contributed by atoms with Crippen LogP contribution in [-0.2, 0) is 0 Å². The first-order valence-corrected chi connectivity index (χ1v) is 6.39. The Bertz CT molecular complexity index is 188. The second kappa shape index (κ2) is 5.28. The van der Waals surface area contributed by atoms with E-state index in [1.54, 1.807) is 0 Å². The van der Waals surface area contributed by atoms with E-state index in [9.17, 15) is 0 Å². The largest absolute Gasteiger partial charge is 0.395 e. The lowest BCUT2D eigenvalue weighted by Crippen LogP contribution is -2.44. The summed E-state index contributed by atoms with van der Waals surface area (Å²) in [6.45, 7) is 5.76. The molecule has 2 N–H and O–H groups in total. The quantitative estimate of drug-likeness (QED) is 0.684. The van der Waals surface area contributed by atoms with E-state index in [2.05, 4.69) is 17.1 Å². The zero-order valence-corrected chi connectivity index (χ0v) is 9.78. The minimum Gasteiger partial charge on any atom is -0.395 e. The number of hydrogen-bond acceptors (Lipinski definition) is 3. The van der Waals surface area contributed by atoms with Gasteiger partial charge in [0.2, 0.25) is 0 Å². The summed E-state index contributed by atoms with van der Waals surface area (Å²) in [7, 11) is 0. The highest BCUT2D eigenvalue weighted by Gasteiger charge is 2.32. The molecule has 0 aromatic heterocycles. The average Bonchev–Trinajstić information content (AvgIpc) is 2.96. The van der Waals surface area contributed by atoms with Gasteiger partial charge in [0.15, 0.2) is 0 Å². The maximum absolute atomic E-state index is 9.10. The van der Waals surface area contributed by atoms with Crippen LogP contribution in [0.25, 0.3) is 0 Å². The molecule has 0 radical (unpaired) electrons. The minimum atomic E-state index is 0.295. The summed E-state index contributed by atoms with van der Waals surface area (Å²) in [5, 5.41) is 12.6. The molecule has 0 spiro atoms. The zero-order valence-electron chi connectivity index (χ0n) is 9.78. The van der Waals surface area contributed by atoms with E-state index in [1.165, 1.54) is 32.2 Å². The van der Waals surface area contributed by atoms with Gasteiger partial charge in [-0.05, 0) is 45.1 Å². The van der Waals surface area contributed by atoms with Crippen LogP contribution in [-0.4, -0.2) is 48.3 Å². The third-order valence-electron chi connectivity index (χ3n) is 3.88. The first-order chi connectivity index (χ1) is 7.31. The topological polar surface area (TPSA) is 35.5 Å². The molecular formula is C12H24N2O. The van der Waals surface area contributed by atoms with Gasteiger partial charge in [-0.3, -0.25) is 4.90 Å². The summed E-state index contributed by atoms with van der Waals surface area (Å²) in [6.07, 6.45) is 5.40. The van der Waals surface area contributed by atoms with Gasteiger partial charge >= 0.3 is 0 Å². The Labute approximate surface area is 92.8 Å². The molecular weight excluding hydrogens is 188 g/mol. The molecule has 2 unspecified atom stereocenters. The molecule has 2 rings (SSSR count).